The predicted molar refractivity (Wildman–Crippen MR) is 102 cm³/mol. The largest absolute Gasteiger partial charge is 0.493 e. The van der Waals surface area contributed by atoms with Crippen LogP contribution in [0.1, 0.15) is 18.4 Å². The molecular formula is C21H22F3NO5. The van der Waals surface area contributed by atoms with E-state index >= 15 is 0 Å². The van der Waals surface area contributed by atoms with Gasteiger partial charge in [0.15, 0.2) is 0 Å². The Balaban J connectivity index is 1.57. The summed E-state index contributed by atoms with van der Waals surface area (Å²) in [6, 6.07) is 16.8. The third-order valence-corrected chi connectivity index (χ3v) is 3.77. The van der Waals surface area contributed by atoms with E-state index in [4.69, 9.17) is 9.47 Å². The summed E-state index contributed by atoms with van der Waals surface area (Å²) >= 11 is 0. The number of alkyl halides is 3. The average molecular weight is 425 g/mol. The quantitative estimate of drug-likeness (QED) is 0.337. The number of para-hydroxylation sites is 1. The molecule has 2 rings (SSSR count). The fourth-order valence-corrected chi connectivity index (χ4v) is 2.29. The van der Waals surface area contributed by atoms with Gasteiger partial charge in [-0.05, 0) is 29.8 Å². The number of carbonyl (C=O) groups is 2. The molecule has 0 aliphatic rings. The molecular weight excluding hydrogens is 403 g/mol. The van der Waals surface area contributed by atoms with Crippen LogP contribution in [0.4, 0.5) is 13.2 Å². The van der Waals surface area contributed by atoms with Gasteiger partial charge in [0.1, 0.15) is 11.5 Å². The summed E-state index contributed by atoms with van der Waals surface area (Å²) in [5.74, 6) is -2.22. The van der Waals surface area contributed by atoms with E-state index in [9.17, 15) is 22.8 Å². The van der Waals surface area contributed by atoms with Crippen LogP contribution in [0.3, 0.4) is 0 Å². The second kappa shape index (κ2) is 11.8. The lowest BCUT2D eigenvalue weighted by Gasteiger charge is -2.09. The molecule has 0 aliphatic heterocycles. The Kier molecular flexibility index (Phi) is 9.14. The van der Waals surface area contributed by atoms with Crippen LogP contribution in [-0.4, -0.2) is 37.9 Å². The number of hydrogen-bond donors (Lipinski definition) is 1. The highest BCUT2D eigenvalue weighted by molar-refractivity contribution is 5.88. The number of ether oxygens (including phenoxy) is 3. The molecule has 9 heteroatoms. The SMILES string of the molecule is O=C(CCNCc1ccc(OCCCOc2ccccc2)cc1)OC(=O)C(F)(F)F. The lowest BCUT2D eigenvalue weighted by atomic mass is 10.2. The lowest BCUT2D eigenvalue weighted by Crippen LogP contribution is -2.29. The molecule has 0 aromatic heterocycles. The van der Waals surface area contributed by atoms with Crippen molar-refractivity contribution in [1.82, 2.24) is 5.32 Å². The van der Waals surface area contributed by atoms with Crippen LogP contribution in [0.25, 0.3) is 0 Å². The van der Waals surface area contributed by atoms with Gasteiger partial charge in [0, 0.05) is 19.5 Å². The van der Waals surface area contributed by atoms with E-state index in [1.165, 1.54) is 0 Å². The van der Waals surface area contributed by atoms with Crippen LogP contribution in [0.15, 0.2) is 54.6 Å². The minimum absolute atomic E-state index is 0.0731. The Morgan fingerprint density at radius 1 is 0.867 bits per heavy atom. The standard InChI is InChI=1S/C21H22F3NO5/c22-21(23,24)20(27)30-19(26)11-12-25-15-16-7-9-18(10-8-16)29-14-4-13-28-17-5-2-1-3-6-17/h1-3,5-10,25H,4,11-15H2. The van der Waals surface area contributed by atoms with Crippen molar-refractivity contribution >= 4 is 11.9 Å². The molecule has 30 heavy (non-hydrogen) atoms. The van der Waals surface area contributed by atoms with Gasteiger partial charge < -0.3 is 19.5 Å². The molecule has 0 saturated heterocycles. The Bertz CT molecular complexity index is 795. The van der Waals surface area contributed by atoms with Crippen molar-refractivity contribution in [3.05, 3.63) is 60.2 Å². The molecule has 162 valence electrons. The first-order valence-corrected chi connectivity index (χ1v) is 9.27. The molecule has 0 radical (unpaired) electrons. The van der Waals surface area contributed by atoms with Gasteiger partial charge in [0.25, 0.3) is 0 Å². The number of carbonyl (C=O) groups excluding carboxylic acids is 2. The monoisotopic (exact) mass is 425 g/mol. The zero-order valence-corrected chi connectivity index (χ0v) is 16.1. The summed E-state index contributed by atoms with van der Waals surface area (Å²) in [5.41, 5.74) is 0.898. The number of rotatable bonds is 11. The summed E-state index contributed by atoms with van der Waals surface area (Å²) < 4.78 is 50.8. The van der Waals surface area contributed by atoms with Crippen LogP contribution >= 0.6 is 0 Å². The van der Waals surface area contributed by atoms with Gasteiger partial charge in [-0.25, -0.2) is 4.79 Å². The summed E-state index contributed by atoms with van der Waals surface area (Å²) in [6.45, 7) is 1.52. The minimum atomic E-state index is -5.18. The number of benzene rings is 2. The Morgan fingerprint density at radius 2 is 1.47 bits per heavy atom. The maximum atomic E-state index is 12.0. The summed E-state index contributed by atoms with van der Waals surface area (Å²) in [7, 11) is 0. The Morgan fingerprint density at radius 3 is 2.07 bits per heavy atom. The first kappa shape index (κ1) is 23.2. The normalized spacial score (nSPS) is 11.0. The van der Waals surface area contributed by atoms with Gasteiger partial charge in [-0.1, -0.05) is 30.3 Å². The molecule has 0 spiro atoms. The second-order valence-corrected chi connectivity index (χ2v) is 6.19. The van der Waals surface area contributed by atoms with E-state index in [2.05, 4.69) is 10.1 Å². The van der Waals surface area contributed by atoms with E-state index < -0.39 is 18.1 Å². The van der Waals surface area contributed by atoms with Crippen molar-refractivity contribution in [3.63, 3.8) is 0 Å². The van der Waals surface area contributed by atoms with Gasteiger partial charge >= 0.3 is 18.1 Å². The number of hydrogen-bond acceptors (Lipinski definition) is 6. The van der Waals surface area contributed by atoms with Crippen molar-refractivity contribution in [2.75, 3.05) is 19.8 Å². The van der Waals surface area contributed by atoms with Gasteiger partial charge in [-0.3, -0.25) is 4.79 Å². The zero-order chi connectivity index (χ0) is 21.8. The topological polar surface area (TPSA) is 73.9 Å². The smallest absolute Gasteiger partial charge is 0.491 e. The maximum Gasteiger partial charge on any atom is 0.491 e. The molecule has 0 fully saturated rings. The molecule has 1 N–H and O–H groups in total. The molecule has 2 aromatic carbocycles. The highest BCUT2D eigenvalue weighted by atomic mass is 19.4. The second-order valence-electron chi connectivity index (χ2n) is 6.19. The zero-order valence-electron chi connectivity index (χ0n) is 16.1. The Labute approximate surface area is 171 Å². The highest BCUT2D eigenvalue weighted by Crippen LogP contribution is 2.17. The molecule has 0 heterocycles. The van der Waals surface area contributed by atoms with E-state index in [1.54, 1.807) is 12.1 Å². The molecule has 0 atom stereocenters. The predicted octanol–water partition coefficient (Wildman–Crippen LogP) is 3.65. The molecule has 0 bridgehead atoms. The number of esters is 2. The van der Waals surface area contributed by atoms with E-state index in [-0.39, 0.29) is 13.0 Å². The number of nitrogens with one attached hydrogen (secondary N) is 1. The van der Waals surface area contributed by atoms with Gasteiger partial charge in [0.2, 0.25) is 0 Å². The van der Waals surface area contributed by atoms with Crippen molar-refractivity contribution in [1.29, 1.82) is 0 Å². The summed E-state index contributed by atoms with van der Waals surface area (Å²) in [6.07, 6.45) is -4.80. The van der Waals surface area contributed by atoms with Crippen LogP contribution < -0.4 is 14.8 Å². The minimum Gasteiger partial charge on any atom is -0.493 e. The first-order chi connectivity index (χ1) is 14.3. The molecule has 0 unspecified atom stereocenters. The maximum absolute atomic E-state index is 12.0. The molecule has 0 amide bonds. The van der Waals surface area contributed by atoms with E-state index in [0.29, 0.717) is 25.5 Å². The lowest BCUT2D eigenvalue weighted by molar-refractivity contribution is -0.201. The fourth-order valence-electron chi connectivity index (χ4n) is 2.29. The van der Waals surface area contributed by atoms with E-state index in [1.807, 2.05) is 42.5 Å². The van der Waals surface area contributed by atoms with Gasteiger partial charge in [0.05, 0.1) is 19.6 Å². The molecule has 0 aliphatic carbocycles. The highest BCUT2D eigenvalue weighted by Gasteiger charge is 2.42. The molecule has 6 nitrogen and oxygen atoms in total. The van der Waals surface area contributed by atoms with Crippen molar-refractivity contribution in [3.8, 4) is 11.5 Å². The third-order valence-electron chi connectivity index (χ3n) is 3.77. The van der Waals surface area contributed by atoms with Crippen molar-refractivity contribution < 1.29 is 37.0 Å². The summed E-state index contributed by atoms with van der Waals surface area (Å²) in [5, 5.41) is 2.89. The molecule has 0 saturated carbocycles. The van der Waals surface area contributed by atoms with Gasteiger partial charge in [-0.2, -0.15) is 13.2 Å². The average Bonchev–Trinajstić information content (AvgIpc) is 2.72. The van der Waals surface area contributed by atoms with Gasteiger partial charge in [-0.15, -0.1) is 0 Å². The van der Waals surface area contributed by atoms with Crippen LogP contribution in [0.2, 0.25) is 0 Å². The Hall–Kier alpha value is -3.07. The van der Waals surface area contributed by atoms with Crippen molar-refractivity contribution in [2.45, 2.75) is 25.6 Å². The third kappa shape index (κ3) is 8.95. The van der Waals surface area contributed by atoms with Crippen LogP contribution in [0.5, 0.6) is 11.5 Å². The number of halogens is 3. The van der Waals surface area contributed by atoms with E-state index in [0.717, 1.165) is 17.7 Å². The summed E-state index contributed by atoms with van der Waals surface area (Å²) in [4.78, 5) is 21.7. The van der Waals surface area contributed by atoms with Crippen LogP contribution in [0, 0.1) is 0 Å². The first-order valence-electron chi connectivity index (χ1n) is 9.27. The fraction of sp³-hybridized carbons (Fsp3) is 0.333. The molecule has 2 aromatic rings. The van der Waals surface area contributed by atoms with Crippen LogP contribution in [-0.2, 0) is 20.9 Å². The van der Waals surface area contributed by atoms with Crippen molar-refractivity contribution in [2.24, 2.45) is 0 Å².